The Morgan fingerprint density at radius 1 is 1.00 bits per heavy atom. The normalized spacial score (nSPS) is 10.4. The zero-order valence-electron chi connectivity index (χ0n) is 15.5. The summed E-state index contributed by atoms with van der Waals surface area (Å²) in [5, 5.41) is 8.99. The number of ether oxygens (including phenoxy) is 1. The van der Waals surface area contributed by atoms with Crippen LogP contribution < -0.4 is 16.2 Å². The number of benzene rings is 2. The Kier molecular flexibility index (Phi) is 5.98. The number of nitrogens with one attached hydrogen (secondary N) is 2. The summed E-state index contributed by atoms with van der Waals surface area (Å²) < 4.78 is 6.16. The van der Waals surface area contributed by atoms with Crippen molar-refractivity contribution in [1.29, 1.82) is 0 Å². The van der Waals surface area contributed by atoms with E-state index in [1.807, 2.05) is 35.6 Å². The summed E-state index contributed by atoms with van der Waals surface area (Å²) in [6.07, 6.45) is 0. The van der Waals surface area contributed by atoms with E-state index in [0.29, 0.717) is 10.8 Å². The van der Waals surface area contributed by atoms with E-state index < -0.39 is 24.5 Å². The minimum Gasteiger partial charge on any atom is -0.451 e. The SMILES string of the molecule is CNC(=O)NC(=O)COC(=O)c1nn(Cc2ccccc2)c(=O)c2ccccc12. The van der Waals surface area contributed by atoms with Gasteiger partial charge in [0.05, 0.1) is 11.9 Å². The number of esters is 1. The van der Waals surface area contributed by atoms with Crippen molar-refractivity contribution >= 4 is 28.7 Å². The van der Waals surface area contributed by atoms with Crippen LogP contribution in [-0.2, 0) is 16.1 Å². The van der Waals surface area contributed by atoms with E-state index in [-0.39, 0.29) is 17.8 Å². The number of nitrogens with zero attached hydrogens (tertiary/aromatic N) is 2. The third-order valence-corrected chi connectivity index (χ3v) is 4.05. The fraction of sp³-hybridized carbons (Fsp3) is 0.150. The van der Waals surface area contributed by atoms with Crippen molar-refractivity contribution in [1.82, 2.24) is 20.4 Å². The maximum atomic E-state index is 12.8. The number of amides is 3. The third kappa shape index (κ3) is 4.64. The van der Waals surface area contributed by atoms with Gasteiger partial charge in [0.1, 0.15) is 0 Å². The molecule has 0 fully saturated rings. The molecule has 2 N–H and O–H groups in total. The van der Waals surface area contributed by atoms with E-state index in [1.54, 1.807) is 24.3 Å². The maximum Gasteiger partial charge on any atom is 0.359 e. The van der Waals surface area contributed by atoms with Crippen molar-refractivity contribution in [3.63, 3.8) is 0 Å². The number of carbonyl (C=O) groups excluding carboxylic acids is 3. The lowest BCUT2D eigenvalue weighted by Gasteiger charge is -2.11. The molecule has 0 spiro atoms. The van der Waals surface area contributed by atoms with Gasteiger partial charge in [0.15, 0.2) is 12.3 Å². The number of fused-ring (bicyclic) bond motifs is 1. The van der Waals surface area contributed by atoms with Gasteiger partial charge in [-0.2, -0.15) is 5.10 Å². The molecule has 0 saturated heterocycles. The molecule has 29 heavy (non-hydrogen) atoms. The van der Waals surface area contributed by atoms with E-state index in [1.165, 1.54) is 11.7 Å². The first kappa shape index (κ1) is 19.7. The molecular formula is C20H18N4O5. The minimum atomic E-state index is -0.880. The molecule has 0 bridgehead atoms. The van der Waals surface area contributed by atoms with E-state index in [2.05, 4.69) is 10.4 Å². The van der Waals surface area contributed by atoms with Crippen LogP contribution in [0.15, 0.2) is 59.4 Å². The molecule has 0 aliphatic carbocycles. The van der Waals surface area contributed by atoms with Gasteiger partial charge in [-0.15, -0.1) is 0 Å². The minimum absolute atomic E-state index is 0.0936. The lowest BCUT2D eigenvalue weighted by molar-refractivity contribution is -0.123. The molecule has 0 radical (unpaired) electrons. The van der Waals surface area contributed by atoms with E-state index in [9.17, 15) is 19.2 Å². The van der Waals surface area contributed by atoms with Crippen LogP contribution in [0.25, 0.3) is 10.8 Å². The molecule has 9 heteroatoms. The van der Waals surface area contributed by atoms with Gasteiger partial charge in [0.2, 0.25) is 0 Å². The van der Waals surface area contributed by atoms with Crippen molar-refractivity contribution < 1.29 is 19.1 Å². The number of carbonyl (C=O) groups is 3. The molecule has 3 aromatic rings. The molecule has 3 amide bonds. The predicted molar refractivity (Wildman–Crippen MR) is 104 cm³/mol. The first-order valence-corrected chi connectivity index (χ1v) is 8.72. The molecule has 2 aromatic carbocycles. The lowest BCUT2D eigenvalue weighted by atomic mass is 10.1. The Morgan fingerprint density at radius 2 is 1.66 bits per heavy atom. The molecule has 9 nitrogen and oxygen atoms in total. The summed E-state index contributed by atoms with van der Waals surface area (Å²) in [4.78, 5) is 48.1. The fourth-order valence-corrected chi connectivity index (χ4v) is 2.67. The van der Waals surface area contributed by atoms with Crippen LogP contribution in [0.5, 0.6) is 0 Å². The Labute approximate surface area is 165 Å². The zero-order chi connectivity index (χ0) is 20.8. The molecule has 1 heterocycles. The topological polar surface area (TPSA) is 119 Å². The quantitative estimate of drug-likeness (QED) is 0.625. The number of hydrogen-bond donors (Lipinski definition) is 2. The van der Waals surface area contributed by atoms with Crippen LogP contribution in [0, 0.1) is 0 Å². The van der Waals surface area contributed by atoms with E-state index >= 15 is 0 Å². The molecular weight excluding hydrogens is 376 g/mol. The van der Waals surface area contributed by atoms with Crippen LogP contribution >= 0.6 is 0 Å². The number of hydrogen-bond acceptors (Lipinski definition) is 6. The summed E-state index contributed by atoms with van der Waals surface area (Å²) in [6, 6.07) is 15.0. The molecule has 0 unspecified atom stereocenters. The highest BCUT2D eigenvalue weighted by Gasteiger charge is 2.19. The third-order valence-electron chi connectivity index (χ3n) is 4.05. The lowest BCUT2D eigenvalue weighted by Crippen LogP contribution is -2.39. The van der Waals surface area contributed by atoms with Gasteiger partial charge in [-0.25, -0.2) is 14.3 Å². The van der Waals surface area contributed by atoms with Crippen molar-refractivity contribution in [2.24, 2.45) is 0 Å². The Hall–Kier alpha value is -4.01. The molecule has 0 aliphatic heterocycles. The standard InChI is InChI=1S/C20H18N4O5/c1-21-20(28)22-16(25)12-29-19(27)17-14-9-5-6-10-15(14)18(26)24(23-17)11-13-7-3-2-4-8-13/h2-10H,11-12H2,1H3,(H2,21,22,25,28). The highest BCUT2D eigenvalue weighted by Crippen LogP contribution is 2.15. The van der Waals surface area contributed by atoms with Crippen LogP contribution in [0.2, 0.25) is 0 Å². The van der Waals surface area contributed by atoms with Crippen LogP contribution in [-0.4, -0.2) is 41.3 Å². The van der Waals surface area contributed by atoms with Gasteiger partial charge in [0.25, 0.3) is 11.5 Å². The largest absolute Gasteiger partial charge is 0.451 e. The molecule has 1 aromatic heterocycles. The van der Waals surface area contributed by atoms with Crippen molar-refractivity contribution in [2.45, 2.75) is 6.54 Å². The number of rotatable bonds is 5. The second-order valence-corrected chi connectivity index (χ2v) is 6.05. The summed E-state index contributed by atoms with van der Waals surface area (Å²) >= 11 is 0. The van der Waals surface area contributed by atoms with Gasteiger partial charge in [0, 0.05) is 12.4 Å². The number of aromatic nitrogens is 2. The van der Waals surface area contributed by atoms with Gasteiger partial charge in [-0.1, -0.05) is 48.5 Å². The number of imide groups is 1. The predicted octanol–water partition coefficient (Wildman–Crippen LogP) is 1.06. The first-order chi connectivity index (χ1) is 14.0. The monoisotopic (exact) mass is 394 g/mol. The second kappa shape index (κ2) is 8.79. The highest BCUT2D eigenvalue weighted by atomic mass is 16.5. The fourth-order valence-electron chi connectivity index (χ4n) is 2.67. The number of urea groups is 1. The van der Waals surface area contributed by atoms with E-state index in [0.717, 1.165) is 5.56 Å². The molecule has 3 rings (SSSR count). The average molecular weight is 394 g/mol. The highest BCUT2D eigenvalue weighted by molar-refractivity contribution is 6.03. The van der Waals surface area contributed by atoms with Gasteiger partial charge in [-0.3, -0.25) is 14.9 Å². The first-order valence-electron chi connectivity index (χ1n) is 8.72. The molecule has 148 valence electrons. The Morgan fingerprint density at radius 3 is 2.34 bits per heavy atom. The summed E-state index contributed by atoms with van der Waals surface area (Å²) in [6.45, 7) is -0.498. The van der Waals surface area contributed by atoms with Gasteiger partial charge >= 0.3 is 12.0 Å². The average Bonchev–Trinajstić information content (AvgIpc) is 2.74. The maximum absolute atomic E-state index is 12.8. The van der Waals surface area contributed by atoms with Crippen molar-refractivity contribution in [2.75, 3.05) is 13.7 Å². The summed E-state index contributed by atoms with van der Waals surface area (Å²) in [5.41, 5.74) is 0.392. The van der Waals surface area contributed by atoms with E-state index in [4.69, 9.17) is 4.74 Å². The Balaban J connectivity index is 1.91. The molecule has 0 atom stereocenters. The van der Waals surface area contributed by atoms with Crippen LogP contribution in [0.3, 0.4) is 0 Å². The summed E-state index contributed by atoms with van der Waals surface area (Å²) in [7, 11) is 1.35. The van der Waals surface area contributed by atoms with Gasteiger partial charge < -0.3 is 10.1 Å². The summed E-state index contributed by atoms with van der Waals surface area (Å²) in [5.74, 6) is -1.67. The zero-order valence-corrected chi connectivity index (χ0v) is 15.5. The Bertz CT molecular complexity index is 1120. The van der Waals surface area contributed by atoms with Crippen LogP contribution in [0.4, 0.5) is 4.79 Å². The van der Waals surface area contributed by atoms with Crippen LogP contribution in [0.1, 0.15) is 16.1 Å². The van der Waals surface area contributed by atoms with Crippen molar-refractivity contribution in [3.8, 4) is 0 Å². The molecule has 0 saturated carbocycles. The molecule has 0 aliphatic rings. The second-order valence-electron chi connectivity index (χ2n) is 6.05. The van der Waals surface area contributed by atoms with Gasteiger partial charge in [-0.05, 0) is 11.6 Å². The van der Waals surface area contributed by atoms with Crippen molar-refractivity contribution in [3.05, 3.63) is 76.2 Å². The smallest absolute Gasteiger partial charge is 0.359 e.